The number of benzene rings is 1. The van der Waals surface area contributed by atoms with Crippen molar-refractivity contribution < 1.29 is 4.39 Å². The fraction of sp³-hybridized carbons (Fsp3) is 0.308. The highest BCUT2D eigenvalue weighted by Gasteiger charge is 2.17. The average Bonchev–Trinajstić information content (AvgIpc) is 2.28. The first kappa shape index (κ1) is 10.8. The maximum atomic E-state index is 13.3. The maximum Gasteiger partial charge on any atom is 0.194 e. The van der Waals surface area contributed by atoms with Crippen molar-refractivity contribution in [2.45, 2.75) is 25.7 Å². The van der Waals surface area contributed by atoms with Gasteiger partial charge in [-0.05, 0) is 37.8 Å². The predicted molar refractivity (Wildman–Crippen MR) is 66.2 cm³/mol. The van der Waals surface area contributed by atoms with Crippen LogP contribution in [0.3, 0.4) is 0 Å². The zero-order chi connectivity index (χ0) is 12.0. The second-order valence-corrected chi connectivity index (χ2v) is 4.84. The molecule has 0 atom stereocenters. The molecule has 1 aliphatic carbocycles. The van der Waals surface area contributed by atoms with Crippen LogP contribution in [0.15, 0.2) is 16.9 Å². The van der Waals surface area contributed by atoms with E-state index in [1.807, 2.05) is 0 Å². The second-order valence-electron chi connectivity index (χ2n) is 4.43. The summed E-state index contributed by atoms with van der Waals surface area (Å²) >= 11 is 5.95. The van der Waals surface area contributed by atoms with Crippen LogP contribution in [0.4, 0.5) is 4.39 Å². The number of rotatable bonds is 0. The Morgan fingerprint density at radius 2 is 2.00 bits per heavy atom. The SMILES string of the molecule is O=c1c2c([nH]c3cc(F)cc(Cl)c13)CCCC2. The Labute approximate surface area is 102 Å². The lowest BCUT2D eigenvalue weighted by molar-refractivity contribution is 0.628. The summed E-state index contributed by atoms with van der Waals surface area (Å²) < 4.78 is 13.3. The maximum absolute atomic E-state index is 13.3. The highest BCUT2D eigenvalue weighted by Crippen LogP contribution is 2.25. The first-order valence-corrected chi connectivity index (χ1v) is 6.07. The number of hydrogen-bond donors (Lipinski definition) is 1. The van der Waals surface area contributed by atoms with Crippen molar-refractivity contribution in [3.05, 3.63) is 44.5 Å². The van der Waals surface area contributed by atoms with Gasteiger partial charge in [0, 0.05) is 11.3 Å². The molecule has 0 unspecified atom stereocenters. The van der Waals surface area contributed by atoms with Gasteiger partial charge in [0.25, 0.3) is 0 Å². The molecule has 1 heterocycles. The van der Waals surface area contributed by atoms with Crippen LogP contribution in [0.1, 0.15) is 24.1 Å². The largest absolute Gasteiger partial charge is 0.358 e. The summed E-state index contributed by atoms with van der Waals surface area (Å²) in [7, 11) is 0. The van der Waals surface area contributed by atoms with Gasteiger partial charge in [-0.2, -0.15) is 0 Å². The summed E-state index contributed by atoms with van der Waals surface area (Å²) in [6.07, 6.45) is 3.74. The molecule has 3 rings (SSSR count). The van der Waals surface area contributed by atoms with Crippen molar-refractivity contribution in [1.29, 1.82) is 0 Å². The van der Waals surface area contributed by atoms with Gasteiger partial charge >= 0.3 is 0 Å². The number of aryl methyl sites for hydroxylation is 1. The van der Waals surface area contributed by atoms with Crippen molar-refractivity contribution in [1.82, 2.24) is 4.98 Å². The number of pyridine rings is 1. The van der Waals surface area contributed by atoms with Gasteiger partial charge in [0.15, 0.2) is 5.43 Å². The Bertz CT molecular complexity index is 662. The molecule has 4 heteroatoms. The lowest BCUT2D eigenvalue weighted by atomic mass is 9.94. The summed E-state index contributed by atoms with van der Waals surface area (Å²) in [5, 5.41) is 0.600. The van der Waals surface area contributed by atoms with E-state index in [0.717, 1.165) is 36.9 Å². The Morgan fingerprint density at radius 1 is 1.24 bits per heavy atom. The molecule has 88 valence electrons. The molecule has 0 fully saturated rings. The number of nitrogens with one attached hydrogen (secondary N) is 1. The second kappa shape index (κ2) is 3.84. The van der Waals surface area contributed by atoms with E-state index < -0.39 is 5.82 Å². The Morgan fingerprint density at radius 3 is 2.82 bits per heavy atom. The number of H-pyrrole nitrogens is 1. The van der Waals surface area contributed by atoms with E-state index in [1.54, 1.807) is 0 Å². The van der Waals surface area contributed by atoms with Crippen molar-refractivity contribution in [2.75, 3.05) is 0 Å². The van der Waals surface area contributed by atoms with Crippen LogP contribution in [0.5, 0.6) is 0 Å². The van der Waals surface area contributed by atoms with E-state index >= 15 is 0 Å². The molecular weight excluding hydrogens is 241 g/mol. The van der Waals surface area contributed by atoms with E-state index in [2.05, 4.69) is 4.98 Å². The summed E-state index contributed by atoms with van der Waals surface area (Å²) in [6, 6.07) is 2.52. The Balaban J connectivity index is 2.44. The molecule has 0 radical (unpaired) electrons. The normalized spacial score (nSPS) is 14.9. The highest BCUT2D eigenvalue weighted by molar-refractivity contribution is 6.35. The molecule has 0 amide bonds. The fourth-order valence-corrected chi connectivity index (χ4v) is 2.80. The van der Waals surface area contributed by atoms with E-state index in [-0.39, 0.29) is 10.5 Å². The molecular formula is C13H11ClFNO. The molecule has 1 aliphatic rings. The van der Waals surface area contributed by atoms with E-state index in [1.165, 1.54) is 12.1 Å². The highest BCUT2D eigenvalue weighted by atomic mass is 35.5. The van der Waals surface area contributed by atoms with Gasteiger partial charge in [-0.25, -0.2) is 4.39 Å². The smallest absolute Gasteiger partial charge is 0.194 e. The third kappa shape index (κ3) is 1.65. The Kier molecular flexibility index (Phi) is 2.44. The number of fused-ring (bicyclic) bond motifs is 2. The zero-order valence-electron chi connectivity index (χ0n) is 9.15. The number of aromatic nitrogens is 1. The lowest BCUT2D eigenvalue weighted by Crippen LogP contribution is -2.18. The monoisotopic (exact) mass is 251 g/mol. The van der Waals surface area contributed by atoms with E-state index in [9.17, 15) is 9.18 Å². The summed E-state index contributed by atoms with van der Waals surface area (Å²) in [5.41, 5.74) is 2.21. The van der Waals surface area contributed by atoms with Crippen LogP contribution in [0.2, 0.25) is 5.02 Å². The van der Waals surface area contributed by atoms with Gasteiger partial charge in [0.2, 0.25) is 0 Å². The predicted octanol–water partition coefficient (Wildman–Crippen LogP) is 3.20. The Hall–Kier alpha value is -1.35. The molecule has 1 aromatic carbocycles. The zero-order valence-corrected chi connectivity index (χ0v) is 9.90. The minimum absolute atomic E-state index is 0.0431. The van der Waals surface area contributed by atoms with Gasteiger partial charge in [-0.3, -0.25) is 4.79 Å². The summed E-state index contributed by atoms with van der Waals surface area (Å²) in [6.45, 7) is 0. The third-order valence-electron chi connectivity index (χ3n) is 3.31. The minimum Gasteiger partial charge on any atom is -0.358 e. The van der Waals surface area contributed by atoms with Crippen LogP contribution in [0.25, 0.3) is 10.9 Å². The van der Waals surface area contributed by atoms with Crippen LogP contribution in [-0.2, 0) is 12.8 Å². The quantitative estimate of drug-likeness (QED) is 0.766. The molecule has 0 saturated carbocycles. The van der Waals surface area contributed by atoms with Crippen LogP contribution >= 0.6 is 11.6 Å². The van der Waals surface area contributed by atoms with Gasteiger partial charge < -0.3 is 4.98 Å². The van der Waals surface area contributed by atoms with Gasteiger partial charge in [0.1, 0.15) is 5.82 Å². The molecule has 2 aromatic rings. The van der Waals surface area contributed by atoms with Crippen molar-refractivity contribution in [3.63, 3.8) is 0 Å². The molecule has 1 N–H and O–H groups in total. The molecule has 0 spiro atoms. The molecule has 0 saturated heterocycles. The van der Waals surface area contributed by atoms with Crippen LogP contribution < -0.4 is 5.43 Å². The summed E-state index contributed by atoms with van der Waals surface area (Å²) in [5.74, 6) is -0.422. The number of aromatic amines is 1. The lowest BCUT2D eigenvalue weighted by Gasteiger charge is -2.16. The van der Waals surface area contributed by atoms with Crippen LogP contribution in [0, 0.1) is 5.82 Å². The first-order valence-electron chi connectivity index (χ1n) is 5.69. The van der Waals surface area contributed by atoms with Crippen LogP contribution in [-0.4, -0.2) is 4.98 Å². The number of hydrogen-bond acceptors (Lipinski definition) is 1. The first-order chi connectivity index (χ1) is 8.16. The van der Waals surface area contributed by atoms with Gasteiger partial charge in [-0.15, -0.1) is 0 Å². The van der Waals surface area contributed by atoms with Crippen molar-refractivity contribution in [3.8, 4) is 0 Å². The summed E-state index contributed by atoms with van der Waals surface area (Å²) in [4.78, 5) is 15.4. The van der Waals surface area contributed by atoms with Gasteiger partial charge in [-0.1, -0.05) is 11.6 Å². The molecule has 17 heavy (non-hydrogen) atoms. The van der Waals surface area contributed by atoms with Crippen molar-refractivity contribution in [2.24, 2.45) is 0 Å². The van der Waals surface area contributed by atoms with E-state index in [4.69, 9.17) is 11.6 Å². The number of halogens is 2. The topological polar surface area (TPSA) is 32.9 Å². The van der Waals surface area contributed by atoms with E-state index in [0.29, 0.717) is 10.9 Å². The minimum atomic E-state index is -0.422. The van der Waals surface area contributed by atoms with Crippen molar-refractivity contribution >= 4 is 22.5 Å². The fourth-order valence-electron chi connectivity index (χ4n) is 2.51. The van der Waals surface area contributed by atoms with Gasteiger partial charge in [0.05, 0.1) is 15.9 Å². The standard InChI is InChI=1S/C13H11ClFNO/c14-9-5-7(15)6-11-12(9)13(17)8-3-1-2-4-10(8)16-11/h5-6H,1-4H2,(H,16,17). The molecule has 2 nitrogen and oxygen atoms in total. The molecule has 1 aromatic heterocycles. The third-order valence-corrected chi connectivity index (χ3v) is 3.61. The molecule has 0 bridgehead atoms. The average molecular weight is 252 g/mol. The molecule has 0 aliphatic heterocycles.